The van der Waals surface area contributed by atoms with Crippen molar-refractivity contribution < 1.29 is 28.7 Å². The fraction of sp³-hybridized carbons (Fsp3) is 0.474. The third-order valence-corrected chi connectivity index (χ3v) is 4.91. The molecule has 10 nitrogen and oxygen atoms in total. The van der Waals surface area contributed by atoms with E-state index in [1.165, 1.54) is 37.2 Å². The molecule has 2 aliphatic heterocycles. The number of rotatable bonds is 4. The van der Waals surface area contributed by atoms with Crippen molar-refractivity contribution in [1.29, 1.82) is 0 Å². The van der Waals surface area contributed by atoms with Crippen LogP contribution in [0, 0.1) is 5.92 Å². The Bertz CT molecular complexity index is 787. The zero-order valence-electron chi connectivity index (χ0n) is 16.3. The molecule has 1 atom stereocenters. The summed E-state index contributed by atoms with van der Waals surface area (Å²) >= 11 is 0. The Balaban J connectivity index is 1.69. The highest BCUT2D eigenvalue weighted by Gasteiger charge is 2.36. The van der Waals surface area contributed by atoms with Gasteiger partial charge in [-0.25, -0.2) is 0 Å². The van der Waals surface area contributed by atoms with E-state index in [0.29, 0.717) is 32.7 Å². The first-order valence-electron chi connectivity index (χ1n) is 9.35. The van der Waals surface area contributed by atoms with Crippen molar-refractivity contribution in [2.45, 2.75) is 12.7 Å². The summed E-state index contributed by atoms with van der Waals surface area (Å²) in [5, 5.41) is 7.41. The topological polar surface area (TPSA) is 126 Å². The predicted molar refractivity (Wildman–Crippen MR) is 102 cm³/mol. The van der Waals surface area contributed by atoms with Gasteiger partial charge in [-0.05, 0) is 24.6 Å². The van der Waals surface area contributed by atoms with Crippen LogP contribution in [-0.2, 0) is 19.1 Å². The molecule has 2 fully saturated rings. The average molecular weight is 404 g/mol. The largest absolute Gasteiger partial charge is 0.355 e. The molecule has 10 heteroatoms. The number of amides is 4. The number of carbonyl (C=O) groups is 4. The van der Waals surface area contributed by atoms with Crippen molar-refractivity contribution in [3.8, 4) is 0 Å². The second-order valence-electron chi connectivity index (χ2n) is 6.82. The van der Waals surface area contributed by atoms with Crippen LogP contribution in [-0.4, -0.2) is 75.2 Å². The van der Waals surface area contributed by atoms with E-state index in [0.717, 1.165) is 0 Å². The number of hydrogen-bond donors (Lipinski definition) is 3. The molecule has 3 N–H and O–H groups in total. The molecular formula is C19H24N4O6. The Hall–Kier alpha value is -2.98. The molecule has 2 aliphatic rings. The van der Waals surface area contributed by atoms with Crippen LogP contribution >= 0.6 is 0 Å². The summed E-state index contributed by atoms with van der Waals surface area (Å²) in [6.07, 6.45) is 0.353. The minimum absolute atomic E-state index is 0.0330. The van der Waals surface area contributed by atoms with E-state index >= 15 is 0 Å². The van der Waals surface area contributed by atoms with Crippen molar-refractivity contribution in [1.82, 2.24) is 15.5 Å². The minimum Gasteiger partial charge on any atom is -0.355 e. The van der Waals surface area contributed by atoms with Gasteiger partial charge in [0, 0.05) is 49.9 Å². The summed E-state index contributed by atoms with van der Waals surface area (Å²) in [5.74, 6) is -2.33. The van der Waals surface area contributed by atoms with Gasteiger partial charge >= 0.3 is 11.8 Å². The van der Waals surface area contributed by atoms with Gasteiger partial charge in [0.15, 0.2) is 6.29 Å². The molecule has 0 radical (unpaired) electrons. The maximum absolute atomic E-state index is 12.5. The Morgan fingerprint density at radius 1 is 0.966 bits per heavy atom. The summed E-state index contributed by atoms with van der Waals surface area (Å²) in [6.45, 7) is 1.87. The van der Waals surface area contributed by atoms with Crippen LogP contribution in [0.25, 0.3) is 0 Å². The number of likely N-dealkylation sites (tertiary alicyclic amines) is 1. The molecule has 0 aliphatic carbocycles. The fourth-order valence-corrected chi connectivity index (χ4v) is 3.42. The van der Waals surface area contributed by atoms with E-state index in [9.17, 15) is 19.2 Å². The highest BCUT2D eigenvalue weighted by molar-refractivity contribution is 6.39. The molecule has 1 aromatic rings. The van der Waals surface area contributed by atoms with Crippen molar-refractivity contribution >= 4 is 29.3 Å². The number of hydrogen-bond acceptors (Lipinski definition) is 6. The number of anilines is 1. The number of carbonyl (C=O) groups excluding carboxylic acids is 4. The first-order chi connectivity index (χ1) is 13.9. The van der Waals surface area contributed by atoms with E-state index in [-0.39, 0.29) is 29.0 Å². The Labute approximate surface area is 167 Å². The second kappa shape index (κ2) is 9.01. The lowest BCUT2D eigenvalue weighted by molar-refractivity contribution is -0.143. The molecule has 156 valence electrons. The molecular weight excluding hydrogens is 380 g/mol. The Morgan fingerprint density at radius 3 is 2.10 bits per heavy atom. The smallest absolute Gasteiger partial charge is 0.313 e. The monoisotopic (exact) mass is 404 g/mol. The lowest BCUT2D eigenvalue weighted by Crippen LogP contribution is -2.39. The van der Waals surface area contributed by atoms with Gasteiger partial charge < -0.3 is 30.3 Å². The van der Waals surface area contributed by atoms with Gasteiger partial charge in [-0.15, -0.1) is 0 Å². The number of nitrogens with zero attached hydrogens (tertiary/aromatic N) is 1. The van der Waals surface area contributed by atoms with Gasteiger partial charge in [0.25, 0.3) is 11.8 Å². The van der Waals surface area contributed by atoms with Crippen LogP contribution in [0.5, 0.6) is 0 Å². The van der Waals surface area contributed by atoms with E-state index in [2.05, 4.69) is 16.0 Å². The highest BCUT2D eigenvalue weighted by atomic mass is 16.7. The molecule has 2 saturated heterocycles. The Morgan fingerprint density at radius 2 is 1.55 bits per heavy atom. The molecule has 1 aromatic carbocycles. The zero-order chi connectivity index (χ0) is 21.0. The highest BCUT2D eigenvalue weighted by Crippen LogP contribution is 2.25. The van der Waals surface area contributed by atoms with Crippen LogP contribution in [0.3, 0.4) is 0 Å². The van der Waals surface area contributed by atoms with Gasteiger partial charge in [-0.1, -0.05) is 0 Å². The van der Waals surface area contributed by atoms with Crippen LogP contribution in [0.2, 0.25) is 0 Å². The quantitative estimate of drug-likeness (QED) is 0.585. The van der Waals surface area contributed by atoms with Crippen LogP contribution < -0.4 is 16.0 Å². The summed E-state index contributed by atoms with van der Waals surface area (Å²) < 4.78 is 11.0. The minimum atomic E-state index is -0.837. The maximum Gasteiger partial charge on any atom is 0.313 e. The van der Waals surface area contributed by atoms with Crippen molar-refractivity contribution in [3.05, 3.63) is 29.3 Å². The van der Waals surface area contributed by atoms with E-state index in [1.807, 2.05) is 0 Å². The summed E-state index contributed by atoms with van der Waals surface area (Å²) in [5.41, 5.74) is 0.558. The lowest BCUT2D eigenvalue weighted by atomic mass is 10.1. The Kier molecular flexibility index (Phi) is 6.45. The molecule has 2 heterocycles. The van der Waals surface area contributed by atoms with Crippen molar-refractivity contribution in [3.63, 3.8) is 0 Å². The third kappa shape index (κ3) is 4.72. The molecule has 4 amide bonds. The standard InChI is InChI=1S/C19H24N4O6/c1-20-15(24)12-7-13(16(25)21-2)9-14(8-12)22-17(26)18(27)23-4-3-11(10-23)19-28-5-6-29-19/h7-9,11,19H,3-6,10H2,1-2H3,(H,20,24)(H,21,25)(H,22,26). The van der Waals surface area contributed by atoms with Crippen molar-refractivity contribution in [2.24, 2.45) is 5.92 Å². The normalized spacial score (nSPS) is 19.1. The molecule has 1 unspecified atom stereocenters. The van der Waals surface area contributed by atoms with Crippen LogP contribution in [0.4, 0.5) is 5.69 Å². The first-order valence-corrected chi connectivity index (χ1v) is 9.35. The van der Waals surface area contributed by atoms with E-state index < -0.39 is 23.6 Å². The molecule has 0 bridgehead atoms. The number of benzene rings is 1. The summed E-state index contributed by atoms with van der Waals surface area (Å²) in [4.78, 5) is 50.4. The SMILES string of the molecule is CNC(=O)c1cc(NC(=O)C(=O)N2CCC(C3OCCO3)C2)cc(C(=O)NC)c1. The first kappa shape index (κ1) is 20.7. The maximum atomic E-state index is 12.5. The molecule has 0 aromatic heterocycles. The van der Waals surface area contributed by atoms with E-state index in [4.69, 9.17) is 9.47 Å². The van der Waals surface area contributed by atoms with Crippen LogP contribution in [0.1, 0.15) is 27.1 Å². The zero-order valence-corrected chi connectivity index (χ0v) is 16.3. The van der Waals surface area contributed by atoms with E-state index in [1.54, 1.807) is 0 Å². The molecule has 0 saturated carbocycles. The van der Waals surface area contributed by atoms with Gasteiger partial charge in [-0.2, -0.15) is 0 Å². The fourth-order valence-electron chi connectivity index (χ4n) is 3.42. The number of nitrogens with one attached hydrogen (secondary N) is 3. The average Bonchev–Trinajstić information content (AvgIpc) is 3.43. The van der Waals surface area contributed by atoms with Gasteiger partial charge in [-0.3, -0.25) is 19.2 Å². The van der Waals surface area contributed by atoms with Gasteiger partial charge in [0.2, 0.25) is 0 Å². The van der Waals surface area contributed by atoms with Gasteiger partial charge in [0.1, 0.15) is 0 Å². The predicted octanol–water partition coefficient (Wildman–Crippen LogP) is -0.434. The second-order valence-corrected chi connectivity index (χ2v) is 6.82. The van der Waals surface area contributed by atoms with Gasteiger partial charge in [0.05, 0.1) is 13.2 Å². The number of ether oxygens (including phenoxy) is 2. The third-order valence-electron chi connectivity index (χ3n) is 4.91. The summed E-state index contributed by atoms with van der Waals surface area (Å²) in [6, 6.07) is 4.22. The van der Waals surface area contributed by atoms with Crippen LogP contribution in [0.15, 0.2) is 18.2 Å². The molecule has 29 heavy (non-hydrogen) atoms. The summed E-state index contributed by atoms with van der Waals surface area (Å²) in [7, 11) is 2.91. The molecule has 3 rings (SSSR count). The lowest BCUT2D eigenvalue weighted by Gasteiger charge is -2.19. The molecule has 0 spiro atoms. The van der Waals surface area contributed by atoms with Crippen molar-refractivity contribution in [2.75, 3.05) is 45.7 Å².